The van der Waals surface area contributed by atoms with E-state index in [0.717, 1.165) is 66.2 Å². The molecule has 2 saturated heterocycles. The number of anilines is 1. The number of fused-ring (bicyclic) bond motifs is 2. The van der Waals surface area contributed by atoms with Gasteiger partial charge in [-0.1, -0.05) is 11.6 Å². The van der Waals surface area contributed by atoms with Crippen LogP contribution in [-0.4, -0.2) is 95.0 Å². The molecule has 4 aromatic rings. The normalized spacial score (nSPS) is 22.3. The first-order chi connectivity index (χ1) is 17.4. The second-order valence-electron chi connectivity index (χ2n) is 10.5. The summed E-state index contributed by atoms with van der Waals surface area (Å²) < 4.78 is 6.10. The van der Waals surface area contributed by atoms with E-state index in [9.17, 15) is 0 Å². The highest BCUT2D eigenvalue weighted by Crippen LogP contribution is 2.31. The van der Waals surface area contributed by atoms with Crippen molar-refractivity contribution in [3.63, 3.8) is 0 Å². The van der Waals surface area contributed by atoms with E-state index in [1.54, 1.807) is 0 Å². The van der Waals surface area contributed by atoms with Crippen molar-refractivity contribution in [3.05, 3.63) is 41.4 Å². The number of likely N-dealkylation sites (N-methyl/N-ethyl adjacent to an activating group) is 1. The van der Waals surface area contributed by atoms with E-state index in [1.807, 2.05) is 18.2 Å². The maximum Gasteiger partial charge on any atom is 0.159 e. The lowest BCUT2D eigenvalue weighted by molar-refractivity contribution is -0.0831. The molecule has 0 aliphatic carbocycles. The first-order valence-electron chi connectivity index (χ1n) is 12.9. The summed E-state index contributed by atoms with van der Waals surface area (Å²) in [5.74, 6) is 0.767. The zero-order valence-electron chi connectivity index (χ0n) is 21.2. The third-order valence-electron chi connectivity index (χ3n) is 7.64. The van der Waals surface area contributed by atoms with Gasteiger partial charge in [-0.25, -0.2) is 4.98 Å². The molecule has 0 spiro atoms. The van der Waals surface area contributed by atoms with Gasteiger partial charge in [0.25, 0.3) is 0 Å². The molecule has 4 heterocycles. The van der Waals surface area contributed by atoms with Gasteiger partial charge in [0.05, 0.1) is 29.3 Å². The number of nitrogens with one attached hydrogen (secondary N) is 2. The van der Waals surface area contributed by atoms with E-state index < -0.39 is 0 Å². The zero-order chi connectivity index (χ0) is 24.8. The molecule has 2 aromatic heterocycles. The van der Waals surface area contributed by atoms with E-state index in [1.165, 1.54) is 18.5 Å². The highest BCUT2D eigenvalue weighted by Gasteiger charge is 2.33. The smallest absolute Gasteiger partial charge is 0.159 e. The zero-order valence-corrected chi connectivity index (χ0v) is 21.9. The number of aromatic nitrogens is 4. The molecule has 2 aliphatic heterocycles. The minimum Gasteiger partial charge on any atom is -0.374 e. The number of halogens is 1. The van der Waals surface area contributed by atoms with Crippen molar-refractivity contribution >= 4 is 39.2 Å². The second kappa shape index (κ2) is 9.67. The highest BCUT2D eigenvalue weighted by molar-refractivity contribution is 6.31. The van der Waals surface area contributed by atoms with Crippen LogP contribution >= 0.6 is 11.6 Å². The van der Waals surface area contributed by atoms with Gasteiger partial charge in [0.15, 0.2) is 5.82 Å². The summed E-state index contributed by atoms with van der Waals surface area (Å²) in [7, 11) is 4.24. The summed E-state index contributed by atoms with van der Waals surface area (Å²) in [6.45, 7) is 7.26. The van der Waals surface area contributed by atoms with E-state index >= 15 is 0 Å². The Morgan fingerprint density at radius 2 is 1.94 bits per heavy atom. The van der Waals surface area contributed by atoms with Crippen molar-refractivity contribution in [3.8, 4) is 11.5 Å². The molecule has 2 aromatic carbocycles. The van der Waals surface area contributed by atoms with Crippen molar-refractivity contribution in [1.29, 1.82) is 0 Å². The summed E-state index contributed by atoms with van der Waals surface area (Å²) in [4.78, 5) is 15.7. The SMILES string of the molecule is C[C@H]1CO[C@H](CN(C)C)CN1C1CCN(c2ccc3nc(-c4n[nH]c5cc(Cl)ccc45)[nH]c3c2)CC1. The fourth-order valence-corrected chi connectivity index (χ4v) is 5.97. The molecule has 2 aliphatic rings. The van der Waals surface area contributed by atoms with Crippen LogP contribution in [0.25, 0.3) is 33.5 Å². The van der Waals surface area contributed by atoms with Crippen LogP contribution < -0.4 is 4.90 Å². The standard InChI is InChI=1S/C27H34ClN7O/c1-17-16-36-21(14-33(2)3)15-35(17)19-8-10-34(11-9-19)20-5-7-23-25(13-20)30-27(29-23)26-22-6-4-18(28)12-24(22)31-32-26/h4-7,12-13,17,19,21H,8-11,14-16H2,1-3H3,(H,29,30)(H,31,32)/t17-,21+/m0/s1. The van der Waals surface area contributed by atoms with Gasteiger partial charge in [-0.05, 0) is 70.3 Å². The Bertz CT molecular complexity index is 1360. The van der Waals surface area contributed by atoms with Crippen LogP contribution in [0.3, 0.4) is 0 Å². The van der Waals surface area contributed by atoms with Crippen molar-refractivity contribution < 1.29 is 4.74 Å². The average Bonchev–Trinajstić information content (AvgIpc) is 3.48. The second-order valence-corrected chi connectivity index (χ2v) is 11.0. The number of aromatic amines is 2. The van der Waals surface area contributed by atoms with Gasteiger partial charge < -0.3 is 19.5 Å². The van der Waals surface area contributed by atoms with Crippen LogP contribution in [0.4, 0.5) is 5.69 Å². The molecule has 0 saturated carbocycles. The number of H-pyrrole nitrogens is 2. The molecule has 0 bridgehead atoms. The fraction of sp³-hybridized carbons (Fsp3) is 0.481. The van der Waals surface area contributed by atoms with Gasteiger partial charge in [-0.3, -0.25) is 10.00 Å². The first-order valence-corrected chi connectivity index (χ1v) is 13.2. The molecule has 2 atom stereocenters. The Morgan fingerprint density at radius 1 is 1.11 bits per heavy atom. The Balaban J connectivity index is 1.16. The highest BCUT2D eigenvalue weighted by atomic mass is 35.5. The topological polar surface area (TPSA) is 76.3 Å². The van der Waals surface area contributed by atoms with Crippen LogP contribution in [0.2, 0.25) is 5.02 Å². The molecular weight excluding hydrogens is 474 g/mol. The largest absolute Gasteiger partial charge is 0.374 e. The molecule has 6 rings (SSSR count). The van der Waals surface area contributed by atoms with E-state index in [2.05, 4.69) is 69.1 Å². The number of imidazole rings is 1. The van der Waals surface area contributed by atoms with E-state index in [4.69, 9.17) is 21.3 Å². The number of benzene rings is 2. The summed E-state index contributed by atoms with van der Waals surface area (Å²) in [6, 6.07) is 13.4. The van der Waals surface area contributed by atoms with Gasteiger partial charge >= 0.3 is 0 Å². The summed E-state index contributed by atoms with van der Waals surface area (Å²) >= 11 is 6.13. The van der Waals surface area contributed by atoms with Gasteiger partial charge in [-0.15, -0.1) is 0 Å². The van der Waals surface area contributed by atoms with Crippen molar-refractivity contribution in [2.45, 2.75) is 38.0 Å². The summed E-state index contributed by atoms with van der Waals surface area (Å²) in [5, 5.41) is 9.25. The molecule has 9 heteroatoms. The molecule has 0 amide bonds. The summed E-state index contributed by atoms with van der Waals surface area (Å²) in [6.07, 6.45) is 2.65. The Hall–Kier alpha value is -2.65. The molecular formula is C27H34ClN7O. The van der Waals surface area contributed by atoms with Crippen LogP contribution in [0, 0.1) is 0 Å². The third-order valence-corrected chi connectivity index (χ3v) is 7.87. The quantitative estimate of drug-likeness (QED) is 0.417. The number of rotatable bonds is 5. The third kappa shape index (κ3) is 4.59. The van der Waals surface area contributed by atoms with Crippen molar-refractivity contribution in [1.82, 2.24) is 30.0 Å². The number of ether oxygens (including phenoxy) is 1. The lowest BCUT2D eigenvalue weighted by atomic mass is 9.99. The number of hydrogen-bond acceptors (Lipinski definition) is 6. The first kappa shape index (κ1) is 23.7. The minimum absolute atomic E-state index is 0.301. The van der Waals surface area contributed by atoms with Crippen LogP contribution in [0.5, 0.6) is 0 Å². The summed E-state index contributed by atoms with van der Waals surface area (Å²) in [5.41, 5.74) is 4.94. The van der Waals surface area contributed by atoms with Crippen LogP contribution in [-0.2, 0) is 4.74 Å². The van der Waals surface area contributed by atoms with Gasteiger partial charge in [-0.2, -0.15) is 5.10 Å². The van der Waals surface area contributed by atoms with E-state index in [0.29, 0.717) is 23.2 Å². The molecule has 36 heavy (non-hydrogen) atoms. The monoisotopic (exact) mass is 507 g/mol. The Kier molecular flexibility index (Phi) is 6.37. The number of morpholine rings is 1. The number of hydrogen-bond donors (Lipinski definition) is 2. The molecule has 0 radical (unpaired) electrons. The Labute approximate surface area is 216 Å². The van der Waals surface area contributed by atoms with Gasteiger partial charge in [0.1, 0.15) is 5.69 Å². The number of piperidine rings is 1. The maximum absolute atomic E-state index is 6.13. The van der Waals surface area contributed by atoms with E-state index in [-0.39, 0.29) is 0 Å². The molecule has 8 nitrogen and oxygen atoms in total. The molecule has 2 fully saturated rings. The lowest BCUT2D eigenvalue weighted by Crippen LogP contribution is -2.57. The predicted octanol–water partition coefficient (Wildman–Crippen LogP) is 4.38. The lowest BCUT2D eigenvalue weighted by Gasteiger charge is -2.46. The maximum atomic E-state index is 6.13. The molecule has 0 unspecified atom stereocenters. The van der Waals surface area contributed by atoms with Crippen molar-refractivity contribution in [2.75, 3.05) is 51.8 Å². The van der Waals surface area contributed by atoms with Crippen LogP contribution in [0.15, 0.2) is 36.4 Å². The van der Waals surface area contributed by atoms with Crippen molar-refractivity contribution in [2.24, 2.45) is 0 Å². The Morgan fingerprint density at radius 3 is 2.75 bits per heavy atom. The van der Waals surface area contributed by atoms with Gasteiger partial charge in [0, 0.05) is 54.4 Å². The molecule has 2 N–H and O–H groups in total. The minimum atomic E-state index is 0.301. The molecule has 190 valence electrons. The van der Waals surface area contributed by atoms with Crippen LogP contribution in [0.1, 0.15) is 19.8 Å². The van der Waals surface area contributed by atoms with Gasteiger partial charge in [0.2, 0.25) is 0 Å². The fourth-order valence-electron chi connectivity index (χ4n) is 5.80. The predicted molar refractivity (Wildman–Crippen MR) is 146 cm³/mol. The number of nitrogens with zero attached hydrogens (tertiary/aromatic N) is 5. The average molecular weight is 508 g/mol.